The summed E-state index contributed by atoms with van der Waals surface area (Å²) in [5.74, 6) is 3.15. The van der Waals surface area contributed by atoms with Gasteiger partial charge in [-0.05, 0) is 56.6 Å². The number of aliphatic imine (C=N–C) groups is 1. The molecule has 0 aliphatic carbocycles. The summed E-state index contributed by atoms with van der Waals surface area (Å²) in [5.41, 5.74) is 2.26. The van der Waals surface area contributed by atoms with E-state index in [1.165, 1.54) is 18.4 Å². The summed E-state index contributed by atoms with van der Waals surface area (Å²) in [4.78, 5) is 7.33. The Morgan fingerprint density at radius 2 is 1.66 bits per heavy atom. The molecule has 0 radical (unpaired) electrons. The minimum atomic E-state index is 0.221. The molecule has 1 fully saturated rings. The van der Waals surface area contributed by atoms with Crippen LogP contribution in [0.4, 0.5) is 0 Å². The number of hydrogen-bond donors (Lipinski definition) is 2. The smallest absolute Gasteiger partial charge is 0.191 e. The topological polar surface area (TPSA) is 67.4 Å². The Hall–Kier alpha value is -2.93. The zero-order valence-electron chi connectivity index (χ0n) is 19.7. The summed E-state index contributed by atoms with van der Waals surface area (Å²) < 4.78 is 16.4. The number of benzene rings is 2. The molecule has 0 spiro atoms. The molecule has 1 saturated heterocycles. The van der Waals surface area contributed by atoms with Crippen LogP contribution in [0.1, 0.15) is 36.9 Å². The molecule has 3 rings (SSSR count). The fraction of sp³-hybridized carbons (Fsp3) is 0.480. The van der Waals surface area contributed by atoms with Gasteiger partial charge in [0.15, 0.2) is 17.5 Å². The molecule has 0 saturated carbocycles. The van der Waals surface area contributed by atoms with E-state index in [0.29, 0.717) is 12.3 Å². The minimum absolute atomic E-state index is 0.221. The number of nitrogens with one attached hydrogen (secondary N) is 2. The lowest BCUT2D eigenvalue weighted by Crippen LogP contribution is -2.42. The van der Waals surface area contributed by atoms with Crippen molar-refractivity contribution < 1.29 is 14.2 Å². The lowest BCUT2D eigenvalue weighted by Gasteiger charge is -2.30. The third kappa shape index (κ3) is 6.07. The summed E-state index contributed by atoms with van der Waals surface area (Å²) >= 11 is 0. The second kappa shape index (κ2) is 12.2. The van der Waals surface area contributed by atoms with Gasteiger partial charge in [-0.15, -0.1) is 0 Å². The van der Waals surface area contributed by atoms with Crippen LogP contribution in [0.15, 0.2) is 47.5 Å². The molecule has 32 heavy (non-hydrogen) atoms. The molecule has 2 N–H and O–H groups in total. The highest BCUT2D eigenvalue weighted by atomic mass is 16.5. The molecule has 0 bridgehead atoms. The highest BCUT2D eigenvalue weighted by Gasteiger charge is 2.26. The van der Waals surface area contributed by atoms with Gasteiger partial charge in [0.1, 0.15) is 5.75 Å². The van der Waals surface area contributed by atoms with Crippen molar-refractivity contribution in [2.45, 2.75) is 32.4 Å². The zero-order valence-corrected chi connectivity index (χ0v) is 19.7. The van der Waals surface area contributed by atoms with Crippen molar-refractivity contribution in [1.29, 1.82) is 0 Å². The van der Waals surface area contributed by atoms with Crippen LogP contribution in [0.25, 0.3) is 0 Å². The summed E-state index contributed by atoms with van der Waals surface area (Å²) in [6.07, 6.45) is 2.47. The summed E-state index contributed by atoms with van der Waals surface area (Å²) in [6, 6.07) is 14.4. The van der Waals surface area contributed by atoms with Crippen LogP contribution in [0.3, 0.4) is 0 Å². The van der Waals surface area contributed by atoms with E-state index < -0.39 is 0 Å². The highest BCUT2D eigenvalue weighted by Crippen LogP contribution is 2.31. The Morgan fingerprint density at radius 3 is 2.34 bits per heavy atom. The van der Waals surface area contributed by atoms with Crippen molar-refractivity contribution in [1.82, 2.24) is 15.5 Å². The quantitative estimate of drug-likeness (QED) is 0.435. The second-order valence-corrected chi connectivity index (χ2v) is 7.77. The van der Waals surface area contributed by atoms with E-state index in [-0.39, 0.29) is 6.04 Å². The van der Waals surface area contributed by atoms with Gasteiger partial charge >= 0.3 is 0 Å². The largest absolute Gasteiger partial charge is 0.496 e. The van der Waals surface area contributed by atoms with Gasteiger partial charge in [-0.1, -0.05) is 24.3 Å². The van der Waals surface area contributed by atoms with Crippen LogP contribution in [-0.2, 0) is 6.54 Å². The summed E-state index contributed by atoms with van der Waals surface area (Å²) in [5, 5.41) is 6.92. The predicted octanol–water partition coefficient (Wildman–Crippen LogP) is 3.60. The van der Waals surface area contributed by atoms with Gasteiger partial charge in [-0.2, -0.15) is 0 Å². The van der Waals surface area contributed by atoms with Crippen LogP contribution < -0.4 is 24.8 Å². The molecule has 0 aromatic heterocycles. The number of nitrogens with zero attached hydrogens (tertiary/aromatic N) is 2. The van der Waals surface area contributed by atoms with E-state index in [1.807, 2.05) is 30.3 Å². The van der Waals surface area contributed by atoms with Gasteiger partial charge in [-0.25, -0.2) is 4.99 Å². The number of methoxy groups -OCH3 is 3. The molecular weight excluding hydrogens is 404 g/mol. The first kappa shape index (κ1) is 23.7. The molecule has 1 aliphatic rings. The van der Waals surface area contributed by atoms with Gasteiger partial charge in [0, 0.05) is 18.7 Å². The summed E-state index contributed by atoms with van der Waals surface area (Å²) in [6.45, 7) is 6.36. The number of likely N-dealkylation sites (tertiary alicyclic amines) is 1. The molecule has 2 aromatic rings. The predicted molar refractivity (Wildman–Crippen MR) is 129 cm³/mol. The number of ether oxygens (including phenoxy) is 3. The average molecular weight is 441 g/mol. The number of rotatable bonds is 10. The van der Waals surface area contributed by atoms with E-state index in [0.717, 1.165) is 49.2 Å². The normalized spacial score (nSPS) is 15.3. The maximum atomic E-state index is 5.66. The van der Waals surface area contributed by atoms with Gasteiger partial charge in [-0.3, -0.25) is 4.90 Å². The number of hydrogen-bond acceptors (Lipinski definition) is 5. The van der Waals surface area contributed by atoms with E-state index in [4.69, 9.17) is 19.2 Å². The molecule has 7 nitrogen and oxygen atoms in total. The molecule has 1 unspecified atom stereocenters. The second-order valence-electron chi connectivity index (χ2n) is 7.77. The standard InChI is InChI=1S/C25H36N4O3/c1-5-26-25(27-17-19-12-13-23(31-3)24(16-19)32-4)28-18-21(29-14-8-9-15-29)20-10-6-7-11-22(20)30-2/h6-7,10-13,16,21H,5,8-9,14-15,17-18H2,1-4H3,(H2,26,27,28). The van der Waals surface area contributed by atoms with Gasteiger partial charge in [0.2, 0.25) is 0 Å². The fourth-order valence-electron chi connectivity index (χ4n) is 4.12. The highest BCUT2D eigenvalue weighted by molar-refractivity contribution is 5.79. The van der Waals surface area contributed by atoms with Crippen molar-refractivity contribution in [2.24, 2.45) is 4.99 Å². The van der Waals surface area contributed by atoms with Crippen molar-refractivity contribution >= 4 is 5.96 Å². The monoisotopic (exact) mass is 440 g/mol. The Bertz CT molecular complexity index is 881. The van der Waals surface area contributed by atoms with Gasteiger partial charge < -0.3 is 24.8 Å². The molecule has 2 aromatic carbocycles. The molecular formula is C25H36N4O3. The first-order valence-corrected chi connectivity index (χ1v) is 11.3. The maximum absolute atomic E-state index is 5.66. The Kier molecular flexibility index (Phi) is 9.04. The molecule has 1 aliphatic heterocycles. The molecule has 0 amide bonds. The third-order valence-electron chi connectivity index (χ3n) is 5.75. The van der Waals surface area contributed by atoms with Crippen LogP contribution in [0.2, 0.25) is 0 Å². The molecule has 7 heteroatoms. The SMILES string of the molecule is CCNC(=NCc1ccc(OC)c(OC)c1)NCC(c1ccccc1OC)N1CCCC1. The molecule has 174 valence electrons. The Balaban J connectivity index is 1.74. The maximum Gasteiger partial charge on any atom is 0.191 e. The lowest BCUT2D eigenvalue weighted by atomic mass is 10.0. The lowest BCUT2D eigenvalue weighted by molar-refractivity contribution is 0.239. The van der Waals surface area contributed by atoms with Crippen LogP contribution in [0.5, 0.6) is 17.2 Å². The first-order chi connectivity index (χ1) is 15.7. The molecule has 1 heterocycles. The number of guanidine groups is 1. The average Bonchev–Trinajstić information content (AvgIpc) is 3.37. The fourth-order valence-corrected chi connectivity index (χ4v) is 4.12. The van der Waals surface area contributed by atoms with Gasteiger partial charge in [0.05, 0.1) is 33.9 Å². The summed E-state index contributed by atoms with van der Waals surface area (Å²) in [7, 11) is 5.02. The van der Waals surface area contributed by atoms with Crippen LogP contribution in [0, 0.1) is 0 Å². The first-order valence-electron chi connectivity index (χ1n) is 11.3. The van der Waals surface area contributed by atoms with Crippen molar-refractivity contribution in [3.8, 4) is 17.2 Å². The third-order valence-corrected chi connectivity index (χ3v) is 5.75. The van der Waals surface area contributed by atoms with E-state index in [9.17, 15) is 0 Å². The van der Waals surface area contributed by atoms with E-state index in [1.54, 1.807) is 21.3 Å². The van der Waals surface area contributed by atoms with Crippen molar-refractivity contribution in [2.75, 3.05) is 47.5 Å². The van der Waals surface area contributed by atoms with E-state index >= 15 is 0 Å². The zero-order chi connectivity index (χ0) is 22.8. The Morgan fingerprint density at radius 1 is 0.938 bits per heavy atom. The minimum Gasteiger partial charge on any atom is -0.496 e. The number of para-hydroxylation sites is 1. The Labute approximate surface area is 191 Å². The van der Waals surface area contributed by atoms with Crippen LogP contribution in [-0.4, -0.2) is 58.4 Å². The molecule has 1 atom stereocenters. The van der Waals surface area contributed by atoms with Crippen LogP contribution >= 0.6 is 0 Å². The van der Waals surface area contributed by atoms with Gasteiger partial charge in [0.25, 0.3) is 0 Å². The van der Waals surface area contributed by atoms with Crippen molar-refractivity contribution in [3.63, 3.8) is 0 Å². The van der Waals surface area contributed by atoms with E-state index in [2.05, 4.69) is 34.6 Å². The van der Waals surface area contributed by atoms with Crippen molar-refractivity contribution in [3.05, 3.63) is 53.6 Å².